The standard InChI is InChI=1S/C22H28N2O3S2/c1-4-23(5-2)29(26,27)18-7-8-19-16(13-18)10-11-24(19)22(25)21-14-17-12-15(3)6-9-20(17)28-21/h7-8,13-15H,4-6,9-12H2,1-3H3/t15-/m1/s1. The van der Waals surface area contributed by atoms with Gasteiger partial charge in [0.25, 0.3) is 5.91 Å². The van der Waals surface area contributed by atoms with E-state index < -0.39 is 10.0 Å². The SMILES string of the molecule is CCN(CC)S(=O)(=O)c1ccc2c(c1)CCN2C(=O)c1cc2c(s1)CC[C@@H](C)C2. The summed E-state index contributed by atoms with van der Waals surface area (Å²) in [7, 11) is -3.49. The van der Waals surface area contributed by atoms with E-state index in [0.717, 1.165) is 29.0 Å². The van der Waals surface area contributed by atoms with E-state index >= 15 is 0 Å². The monoisotopic (exact) mass is 432 g/mol. The van der Waals surface area contributed by atoms with Crippen molar-refractivity contribution in [2.45, 2.75) is 51.3 Å². The molecule has 0 radical (unpaired) electrons. The van der Waals surface area contributed by atoms with E-state index in [4.69, 9.17) is 0 Å². The zero-order valence-corrected chi connectivity index (χ0v) is 18.9. The lowest BCUT2D eigenvalue weighted by Crippen LogP contribution is -2.30. The van der Waals surface area contributed by atoms with Crippen molar-refractivity contribution >= 4 is 33.0 Å². The maximum Gasteiger partial charge on any atom is 0.268 e. The normalized spacial score (nSPS) is 18.8. The summed E-state index contributed by atoms with van der Waals surface area (Å²) in [6.07, 6.45) is 4.00. The van der Waals surface area contributed by atoms with Gasteiger partial charge < -0.3 is 4.90 Å². The Bertz CT molecular complexity index is 1040. The zero-order valence-electron chi connectivity index (χ0n) is 17.3. The summed E-state index contributed by atoms with van der Waals surface area (Å²) in [5, 5.41) is 0. The van der Waals surface area contributed by atoms with Gasteiger partial charge in [0.1, 0.15) is 0 Å². The van der Waals surface area contributed by atoms with Gasteiger partial charge in [-0.1, -0.05) is 20.8 Å². The van der Waals surface area contributed by atoms with Gasteiger partial charge in [-0.25, -0.2) is 8.42 Å². The first-order valence-electron chi connectivity index (χ1n) is 10.4. The molecule has 0 bridgehead atoms. The molecule has 0 spiro atoms. The van der Waals surface area contributed by atoms with Crippen LogP contribution in [0.4, 0.5) is 5.69 Å². The smallest absolute Gasteiger partial charge is 0.268 e. The fourth-order valence-corrected chi connectivity index (χ4v) is 7.07. The summed E-state index contributed by atoms with van der Waals surface area (Å²) in [6, 6.07) is 7.26. The first-order valence-corrected chi connectivity index (χ1v) is 12.7. The van der Waals surface area contributed by atoms with E-state index in [0.29, 0.717) is 36.9 Å². The topological polar surface area (TPSA) is 57.7 Å². The largest absolute Gasteiger partial charge is 0.307 e. The second-order valence-corrected chi connectivity index (χ2v) is 11.1. The van der Waals surface area contributed by atoms with Crippen LogP contribution in [0.3, 0.4) is 0 Å². The van der Waals surface area contributed by atoms with Crippen molar-refractivity contribution in [2.75, 3.05) is 24.5 Å². The molecule has 2 aliphatic rings. The molecule has 5 nitrogen and oxygen atoms in total. The van der Waals surface area contributed by atoms with E-state index in [9.17, 15) is 13.2 Å². The number of aryl methyl sites for hydroxylation is 1. The van der Waals surface area contributed by atoms with Crippen LogP contribution >= 0.6 is 11.3 Å². The lowest BCUT2D eigenvalue weighted by atomic mass is 9.90. The van der Waals surface area contributed by atoms with Gasteiger partial charge in [-0.05, 0) is 67.0 Å². The molecule has 1 aromatic heterocycles. The van der Waals surface area contributed by atoms with Gasteiger partial charge in [0, 0.05) is 30.2 Å². The van der Waals surface area contributed by atoms with Crippen molar-refractivity contribution in [3.63, 3.8) is 0 Å². The fraction of sp³-hybridized carbons (Fsp3) is 0.500. The van der Waals surface area contributed by atoms with Crippen LogP contribution in [0.15, 0.2) is 29.2 Å². The second-order valence-electron chi connectivity index (χ2n) is 7.99. The molecule has 2 heterocycles. The maximum absolute atomic E-state index is 13.2. The number of hydrogen-bond donors (Lipinski definition) is 0. The highest BCUT2D eigenvalue weighted by atomic mass is 32.2. The van der Waals surface area contributed by atoms with Gasteiger partial charge >= 0.3 is 0 Å². The quantitative estimate of drug-likeness (QED) is 0.715. The number of nitrogens with zero attached hydrogens (tertiary/aromatic N) is 2. The van der Waals surface area contributed by atoms with Crippen LogP contribution in [0.1, 0.15) is 52.9 Å². The summed E-state index contributed by atoms with van der Waals surface area (Å²) in [5.41, 5.74) is 3.10. The van der Waals surface area contributed by atoms with Gasteiger partial charge in [0.2, 0.25) is 10.0 Å². The molecule has 156 valence electrons. The summed E-state index contributed by atoms with van der Waals surface area (Å²) in [5.74, 6) is 0.717. The number of benzene rings is 1. The molecule has 0 N–H and O–H groups in total. The molecule has 2 aromatic rings. The fourth-order valence-electron chi connectivity index (χ4n) is 4.41. The van der Waals surface area contributed by atoms with E-state index in [-0.39, 0.29) is 5.91 Å². The zero-order chi connectivity index (χ0) is 20.8. The molecule has 1 aliphatic heterocycles. The number of carbonyl (C=O) groups excluding carboxylic acids is 1. The summed E-state index contributed by atoms with van der Waals surface area (Å²) in [6.45, 7) is 7.45. The maximum atomic E-state index is 13.2. The first kappa shape index (κ1) is 20.6. The van der Waals surface area contributed by atoms with Crippen molar-refractivity contribution in [3.8, 4) is 0 Å². The van der Waals surface area contributed by atoms with E-state index in [1.54, 1.807) is 29.5 Å². The Morgan fingerprint density at radius 1 is 1.17 bits per heavy atom. The van der Waals surface area contributed by atoms with Gasteiger partial charge in [0.15, 0.2) is 0 Å². The summed E-state index contributed by atoms with van der Waals surface area (Å²) in [4.78, 5) is 17.5. The number of anilines is 1. The highest BCUT2D eigenvalue weighted by Gasteiger charge is 2.30. The number of fused-ring (bicyclic) bond motifs is 2. The molecule has 1 atom stereocenters. The molecule has 29 heavy (non-hydrogen) atoms. The number of thiophene rings is 1. The van der Waals surface area contributed by atoms with E-state index in [1.807, 2.05) is 18.7 Å². The van der Waals surface area contributed by atoms with Crippen LogP contribution in [-0.2, 0) is 29.3 Å². The highest BCUT2D eigenvalue weighted by molar-refractivity contribution is 7.89. The van der Waals surface area contributed by atoms with Crippen molar-refractivity contribution in [3.05, 3.63) is 45.1 Å². The predicted molar refractivity (Wildman–Crippen MR) is 117 cm³/mol. The third-order valence-corrected chi connectivity index (χ3v) is 9.35. The van der Waals surface area contributed by atoms with Crippen molar-refractivity contribution in [2.24, 2.45) is 5.92 Å². The number of hydrogen-bond acceptors (Lipinski definition) is 4. The third kappa shape index (κ3) is 3.64. The van der Waals surface area contributed by atoms with Gasteiger partial charge in [0.05, 0.1) is 9.77 Å². The molecule has 0 saturated carbocycles. The second kappa shape index (κ2) is 7.85. The lowest BCUT2D eigenvalue weighted by Gasteiger charge is -2.20. The average Bonchev–Trinajstić information content (AvgIpc) is 3.31. The van der Waals surface area contributed by atoms with Crippen LogP contribution in [0.2, 0.25) is 0 Å². The Kier molecular flexibility index (Phi) is 5.57. The Balaban J connectivity index is 1.60. The van der Waals surface area contributed by atoms with E-state index in [2.05, 4.69) is 13.0 Å². The minimum Gasteiger partial charge on any atom is -0.307 e. The number of carbonyl (C=O) groups is 1. The first-order chi connectivity index (χ1) is 13.8. The molecule has 7 heteroatoms. The van der Waals surface area contributed by atoms with Crippen LogP contribution < -0.4 is 4.90 Å². The van der Waals surface area contributed by atoms with Gasteiger partial charge in [-0.3, -0.25) is 4.79 Å². The predicted octanol–water partition coefficient (Wildman–Crippen LogP) is 4.11. The Hall–Kier alpha value is -1.70. The minimum atomic E-state index is -3.49. The molecule has 1 aromatic carbocycles. The Morgan fingerprint density at radius 2 is 1.93 bits per heavy atom. The van der Waals surface area contributed by atoms with Crippen molar-refractivity contribution < 1.29 is 13.2 Å². The van der Waals surface area contributed by atoms with E-state index in [1.165, 1.54) is 21.2 Å². The Morgan fingerprint density at radius 3 is 2.66 bits per heavy atom. The molecular weight excluding hydrogens is 404 g/mol. The molecule has 4 rings (SSSR count). The minimum absolute atomic E-state index is 0.0372. The molecule has 0 fully saturated rings. The Labute approximate surface area is 177 Å². The molecule has 1 amide bonds. The summed E-state index contributed by atoms with van der Waals surface area (Å²) >= 11 is 1.63. The highest BCUT2D eigenvalue weighted by Crippen LogP contribution is 2.36. The number of sulfonamides is 1. The average molecular weight is 433 g/mol. The lowest BCUT2D eigenvalue weighted by molar-refractivity contribution is 0.0993. The van der Waals surface area contributed by atoms with Gasteiger partial charge in [-0.15, -0.1) is 11.3 Å². The van der Waals surface area contributed by atoms with Crippen molar-refractivity contribution in [1.82, 2.24) is 4.31 Å². The van der Waals surface area contributed by atoms with Crippen LogP contribution in [0.25, 0.3) is 0 Å². The third-order valence-electron chi connectivity index (χ3n) is 6.07. The molecule has 0 unspecified atom stereocenters. The number of amides is 1. The molecule has 1 aliphatic carbocycles. The van der Waals surface area contributed by atoms with Crippen LogP contribution in [0, 0.1) is 5.92 Å². The summed E-state index contributed by atoms with van der Waals surface area (Å²) < 4.78 is 27.1. The van der Waals surface area contributed by atoms with Crippen molar-refractivity contribution in [1.29, 1.82) is 0 Å². The van der Waals surface area contributed by atoms with Gasteiger partial charge in [-0.2, -0.15) is 4.31 Å². The van der Waals surface area contributed by atoms with Crippen LogP contribution in [0.5, 0.6) is 0 Å². The number of rotatable bonds is 5. The van der Waals surface area contributed by atoms with Crippen LogP contribution in [-0.4, -0.2) is 38.3 Å². The molecular formula is C22H28N2O3S2. The molecule has 0 saturated heterocycles.